The number of anilines is 2. The smallest absolute Gasteiger partial charge is 0.151 e. The fraction of sp³-hybridized carbons (Fsp3) is 0. The summed E-state index contributed by atoms with van der Waals surface area (Å²) < 4.78 is 54.2. The zero-order chi connectivity index (χ0) is 15.7. The highest BCUT2D eigenvalue weighted by atomic mass is 35.5. The summed E-state index contributed by atoms with van der Waals surface area (Å²) in [7, 11) is 0. The molecule has 2 nitrogen and oxygen atoms in total. The Balaban J connectivity index is 2.48. The third-order valence-corrected chi connectivity index (χ3v) is 3.12. The van der Waals surface area contributed by atoms with Gasteiger partial charge in [-0.3, -0.25) is 0 Å². The van der Waals surface area contributed by atoms with Gasteiger partial charge in [0.05, 0.1) is 10.7 Å². The Morgan fingerprint density at radius 3 is 1.95 bits per heavy atom. The maximum atomic E-state index is 13.8. The van der Waals surface area contributed by atoms with Gasteiger partial charge in [-0.05, 0) is 18.2 Å². The molecule has 0 aromatic heterocycles. The number of hydrogen-bond acceptors (Lipinski definition) is 2. The Bertz CT molecular complexity index is 690. The predicted octanol–water partition coefficient (Wildman–Crippen LogP) is 4.27. The van der Waals surface area contributed by atoms with Crippen LogP contribution < -0.4 is 11.1 Å². The Labute approximate surface area is 127 Å². The molecular weight excluding hydrogens is 328 g/mol. The Kier molecular flexibility index (Phi) is 4.34. The van der Waals surface area contributed by atoms with E-state index >= 15 is 0 Å². The van der Waals surface area contributed by atoms with Crippen LogP contribution in [0.15, 0.2) is 24.3 Å². The van der Waals surface area contributed by atoms with E-state index in [1.165, 1.54) is 0 Å². The van der Waals surface area contributed by atoms with E-state index in [1.807, 2.05) is 0 Å². The Hall–Kier alpha value is -1.86. The minimum absolute atomic E-state index is 0.0174. The molecule has 3 N–H and O–H groups in total. The highest BCUT2D eigenvalue weighted by molar-refractivity contribution is 7.80. The van der Waals surface area contributed by atoms with Gasteiger partial charge in [-0.15, -0.1) is 0 Å². The lowest BCUT2D eigenvalue weighted by Gasteiger charge is -2.12. The summed E-state index contributed by atoms with van der Waals surface area (Å²) in [5, 5.41) is 1.81. The molecular formula is C13H7ClF4N2S. The van der Waals surface area contributed by atoms with Crippen LogP contribution in [0, 0.1) is 23.3 Å². The van der Waals surface area contributed by atoms with E-state index in [-0.39, 0.29) is 15.6 Å². The molecule has 21 heavy (non-hydrogen) atoms. The van der Waals surface area contributed by atoms with Gasteiger partial charge in [0, 0.05) is 11.6 Å². The van der Waals surface area contributed by atoms with Gasteiger partial charge in [0.2, 0.25) is 0 Å². The van der Waals surface area contributed by atoms with Crippen molar-refractivity contribution >= 4 is 40.2 Å². The van der Waals surface area contributed by atoms with Crippen LogP contribution in [0.25, 0.3) is 0 Å². The maximum absolute atomic E-state index is 13.8. The van der Waals surface area contributed by atoms with Crippen molar-refractivity contribution in [3.8, 4) is 0 Å². The van der Waals surface area contributed by atoms with Gasteiger partial charge in [0.1, 0.15) is 28.1 Å². The van der Waals surface area contributed by atoms with Crippen molar-refractivity contribution in [1.82, 2.24) is 0 Å². The van der Waals surface area contributed by atoms with Gasteiger partial charge in [-0.25, -0.2) is 17.6 Å². The lowest BCUT2D eigenvalue weighted by molar-refractivity contribution is 0.581. The fourth-order valence-corrected chi connectivity index (χ4v) is 1.98. The summed E-state index contributed by atoms with van der Waals surface area (Å²) in [4.78, 5) is -0.189. The molecule has 2 aromatic carbocycles. The van der Waals surface area contributed by atoms with Crippen LogP contribution in [0.5, 0.6) is 0 Å². The fourth-order valence-electron chi connectivity index (χ4n) is 1.62. The molecule has 2 aromatic rings. The van der Waals surface area contributed by atoms with Crippen molar-refractivity contribution in [1.29, 1.82) is 0 Å². The van der Waals surface area contributed by atoms with Gasteiger partial charge in [0.25, 0.3) is 0 Å². The van der Waals surface area contributed by atoms with E-state index in [4.69, 9.17) is 17.3 Å². The largest absolute Gasteiger partial charge is 0.389 e. The summed E-state index contributed by atoms with van der Waals surface area (Å²) >= 11 is 10.3. The van der Waals surface area contributed by atoms with Crippen LogP contribution in [0.1, 0.15) is 5.56 Å². The van der Waals surface area contributed by atoms with Crippen LogP contribution in [-0.4, -0.2) is 4.99 Å². The molecule has 0 atom stereocenters. The lowest BCUT2D eigenvalue weighted by Crippen LogP contribution is -2.11. The lowest BCUT2D eigenvalue weighted by atomic mass is 10.1. The second-order valence-electron chi connectivity index (χ2n) is 4.05. The molecule has 0 saturated heterocycles. The van der Waals surface area contributed by atoms with E-state index in [0.29, 0.717) is 6.07 Å². The second-order valence-corrected chi connectivity index (χ2v) is 4.90. The summed E-state index contributed by atoms with van der Waals surface area (Å²) in [6.07, 6.45) is 0. The standard InChI is InChI=1S/C13H7ClF4N2S/c14-7-3-6(15)4-10(18)11(7)20-12-8(16)1-5(13(19)21)2-9(12)17/h1-4,20H,(H2,19,21). The van der Waals surface area contributed by atoms with Crippen molar-refractivity contribution in [2.75, 3.05) is 5.32 Å². The molecule has 0 heterocycles. The van der Waals surface area contributed by atoms with Crippen LogP contribution >= 0.6 is 23.8 Å². The van der Waals surface area contributed by atoms with E-state index < -0.39 is 34.6 Å². The third-order valence-electron chi connectivity index (χ3n) is 2.58. The minimum atomic E-state index is -1.09. The molecule has 0 saturated carbocycles. The maximum Gasteiger partial charge on any atom is 0.151 e. The van der Waals surface area contributed by atoms with Gasteiger partial charge >= 0.3 is 0 Å². The van der Waals surface area contributed by atoms with E-state index in [2.05, 4.69) is 17.5 Å². The van der Waals surface area contributed by atoms with Gasteiger partial charge in [0.15, 0.2) is 5.82 Å². The summed E-state index contributed by atoms with van der Waals surface area (Å²) in [5.41, 5.74) is 4.16. The molecule has 0 fully saturated rings. The number of rotatable bonds is 3. The average Bonchev–Trinajstić information content (AvgIpc) is 2.35. The van der Waals surface area contributed by atoms with Crippen molar-refractivity contribution in [2.24, 2.45) is 5.73 Å². The van der Waals surface area contributed by atoms with Gasteiger partial charge in [-0.1, -0.05) is 23.8 Å². The molecule has 0 unspecified atom stereocenters. The van der Waals surface area contributed by atoms with E-state index in [9.17, 15) is 17.6 Å². The molecule has 0 aliphatic rings. The second kappa shape index (κ2) is 5.87. The summed E-state index contributed by atoms with van der Waals surface area (Å²) in [5.74, 6) is -4.08. The number of nitrogens with two attached hydrogens (primary N) is 1. The molecule has 0 radical (unpaired) electrons. The molecule has 110 valence electrons. The molecule has 0 aliphatic carbocycles. The molecule has 8 heteroatoms. The highest BCUT2D eigenvalue weighted by Gasteiger charge is 2.17. The van der Waals surface area contributed by atoms with E-state index in [0.717, 1.165) is 18.2 Å². The molecule has 0 aliphatic heterocycles. The normalized spacial score (nSPS) is 10.5. The van der Waals surface area contributed by atoms with Crippen LogP contribution in [0.3, 0.4) is 0 Å². The monoisotopic (exact) mass is 334 g/mol. The number of thiocarbonyl (C=S) groups is 1. The van der Waals surface area contributed by atoms with Gasteiger partial charge < -0.3 is 11.1 Å². The van der Waals surface area contributed by atoms with Crippen LogP contribution in [0.4, 0.5) is 28.9 Å². The molecule has 0 amide bonds. The van der Waals surface area contributed by atoms with E-state index in [1.54, 1.807) is 0 Å². The van der Waals surface area contributed by atoms with Gasteiger partial charge in [-0.2, -0.15) is 0 Å². The van der Waals surface area contributed by atoms with Crippen LogP contribution in [-0.2, 0) is 0 Å². The van der Waals surface area contributed by atoms with Crippen LogP contribution in [0.2, 0.25) is 5.02 Å². The molecule has 2 rings (SSSR count). The first-order valence-electron chi connectivity index (χ1n) is 5.50. The van der Waals surface area contributed by atoms with Crippen molar-refractivity contribution < 1.29 is 17.6 Å². The number of benzene rings is 2. The predicted molar refractivity (Wildman–Crippen MR) is 76.9 cm³/mol. The quantitative estimate of drug-likeness (QED) is 0.650. The minimum Gasteiger partial charge on any atom is -0.389 e. The highest BCUT2D eigenvalue weighted by Crippen LogP contribution is 2.32. The zero-order valence-corrected chi connectivity index (χ0v) is 11.8. The summed E-state index contributed by atoms with van der Waals surface area (Å²) in [6.45, 7) is 0. The van der Waals surface area contributed by atoms with Crippen molar-refractivity contribution in [3.05, 3.63) is 58.1 Å². The first-order chi connectivity index (χ1) is 9.79. The summed E-state index contributed by atoms with van der Waals surface area (Å²) in [6, 6.07) is 3.13. The Morgan fingerprint density at radius 2 is 1.48 bits per heavy atom. The third kappa shape index (κ3) is 3.25. The van der Waals surface area contributed by atoms with Crippen molar-refractivity contribution in [3.63, 3.8) is 0 Å². The first-order valence-corrected chi connectivity index (χ1v) is 6.28. The molecule has 0 bridgehead atoms. The SMILES string of the molecule is NC(=S)c1cc(F)c(Nc2c(F)cc(F)cc2Cl)c(F)c1. The average molecular weight is 335 g/mol. The zero-order valence-electron chi connectivity index (χ0n) is 10.2. The molecule has 0 spiro atoms. The topological polar surface area (TPSA) is 38.0 Å². The Morgan fingerprint density at radius 1 is 0.952 bits per heavy atom. The number of halogens is 5. The number of hydrogen-bond donors (Lipinski definition) is 2. The number of nitrogens with one attached hydrogen (secondary N) is 1. The van der Waals surface area contributed by atoms with Crippen molar-refractivity contribution in [2.45, 2.75) is 0 Å². The first kappa shape index (κ1) is 15.5.